The van der Waals surface area contributed by atoms with Crippen molar-refractivity contribution in [2.75, 3.05) is 31.1 Å². The Kier molecular flexibility index (Phi) is 6.11. The van der Waals surface area contributed by atoms with E-state index >= 15 is 0 Å². The molecule has 0 aliphatic carbocycles. The van der Waals surface area contributed by atoms with Gasteiger partial charge in [0.1, 0.15) is 17.1 Å². The molecule has 0 amide bonds. The Hall–Kier alpha value is -2.38. The van der Waals surface area contributed by atoms with Gasteiger partial charge in [-0.05, 0) is 49.1 Å². The number of aromatic hydroxyl groups is 1. The van der Waals surface area contributed by atoms with Gasteiger partial charge >= 0.3 is 0 Å². The van der Waals surface area contributed by atoms with Crippen LogP contribution in [0.25, 0.3) is 10.2 Å². The molecule has 0 unspecified atom stereocenters. The minimum absolute atomic E-state index is 0.0137. The molecule has 3 aromatic rings. The van der Waals surface area contributed by atoms with Crippen LogP contribution in [0.4, 0.5) is 5.69 Å². The van der Waals surface area contributed by atoms with E-state index in [2.05, 4.69) is 30.7 Å². The highest BCUT2D eigenvalue weighted by Gasteiger charge is 2.22. The lowest BCUT2D eigenvalue weighted by Gasteiger charge is -2.33. The molecule has 3 heterocycles. The molecule has 0 radical (unpaired) electrons. The number of quaternary nitrogens is 1. The lowest BCUT2D eigenvalue weighted by atomic mass is 9.98. The van der Waals surface area contributed by atoms with Crippen molar-refractivity contribution in [1.82, 2.24) is 9.97 Å². The number of aromatic amines is 1. The van der Waals surface area contributed by atoms with Crippen molar-refractivity contribution in [3.8, 4) is 5.75 Å². The molecule has 2 aromatic heterocycles. The van der Waals surface area contributed by atoms with E-state index in [0.717, 1.165) is 67.3 Å². The first kappa shape index (κ1) is 20.9. The molecule has 6 nitrogen and oxygen atoms in total. The molecule has 7 heteroatoms. The van der Waals surface area contributed by atoms with Gasteiger partial charge in [-0.1, -0.05) is 20.3 Å². The number of anilines is 1. The average Bonchev–Trinajstić information content (AvgIpc) is 3.04. The summed E-state index contributed by atoms with van der Waals surface area (Å²) in [6.45, 7) is 11.2. The first-order valence-corrected chi connectivity index (χ1v) is 11.6. The zero-order valence-electron chi connectivity index (χ0n) is 18.0. The molecule has 0 bridgehead atoms. The molecule has 160 valence electrons. The molecule has 1 aromatic carbocycles. The second kappa shape index (κ2) is 8.78. The highest BCUT2D eigenvalue weighted by molar-refractivity contribution is 7.18. The third-order valence-electron chi connectivity index (χ3n) is 6.26. The average molecular weight is 428 g/mol. The number of aromatic nitrogens is 2. The van der Waals surface area contributed by atoms with Gasteiger partial charge in [0.25, 0.3) is 5.56 Å². The summed E-state index contributed by atoms with van der Waals surface area (Å²) in [5.74, 6) is 1.65. The topological polar surface area (TPSA) is 73.7 Å². The molecule has 0 spiro atoms. The smallest absolute Gasteiger partial charge is 0.260 e. The number of phenols is 1. The Morgan fingerprint density at radius 3 is 2.63 bits per heavy atom. The number of rotatable bonds is 6. The quantitative estimate of drug-likeness (QED) is 0.565. The van der Waals surface area contributed by atoms with E-state index in [4.69, 9.17) is 4.98 Å². The fourth-order valence-electron chi connectivity index (χ4n) is 4.20. The van der Waals surface area contributed by atoms with Crippen LogP contribution in [0.3, 0.4) is 0 Å². The van der Waals surface area contributed by atoms with Gasteiger partial charge < -0.3 is 19.9 Å². The van der Waals surface area contributed by atoms with Crippen molar-refractivity contribution in [1.29, 1.82) is 0 Å². The van der Waals surface area contributed by atoms with Gasteiger partial charge in [-0.3, -0.25) is 4.79 Å². The minimum Gasteiger partial charge on any atom is -0.508 e. The van der Waals surface area contributed by atoms with Crippen molar-refractivity contribution in [2.45, 2.75) is 40.2 Å². The molecular formula is C23H31N4O2S+. The number of hydrogen-bond acceptors (Lipinski definition) is 5. The summed E-state index contributed by atoms with van der Waals surface area (Å²) in [5.41, 5.74) is 2.34. The minimum atomic E-state index is 0.0137. The Morgan fingerprint density at radius 2 is 1.97 bits per heavy atom. The highest BCUT2D eigenvalue weighted by Crippen LogP contribution is 2.29. The predicted octanol–water partition coefficient (Wildman–Crippen LogP) is 2.49. The number of fused-ring (bicyclic) bond motifs is 1. The monoisotopic (exact) mass is 427 g/mol. The molecule has 1 aliphatic heterocycles. The van der Waals surface area contributed by atoms with Gasteiger partial charge in [0.15, 0.2) is 5.82 Å². The number of H-pyrrole nitrogens is 1. The number of piperazine rings is 1. The van der Waals surface area contributed by atoms with Crippen LogP contribution >= 0.6 is 11.3 Å². The van der Waals surface area contributed by atoms with Crippen LogP contribution in [0.2, 0.25) is 0 Å². The zero-order chi connectivity index (χ0) is 21.3. The summed E-state index contributed by atoms with van der Waals surface area (Å²) in [6.07, 6.45) is 2.05. The van der Waals surface area contributed by atoms with E-state index in [1.54, 1.807) is 23.5 Å². The summed E-state index contributed by atoms with van der Waals surface area (Å²) < 4.78 is 0. The van der Waals surface area contributed by atoms with E-state index in [9.17, 15) is 9.90 Å². The molecule has 1 fully saturated rings. The molecule has 3 N–H and O–H groups in total. The number of phenolic OH excluding ortho intramolecular Hbond substituents is 1. The Balaban J connectivity index is 1.46. The van der Waals surface area contributed by atoms with Crippen LogP contribution in [0.5, 0.6) is 5.75 Å². The van der Waals surface area contributed by atoms with Gasteiger partial charge in [0, 0.05) is 10.6 Å². The van der Waals surface area contributed by atoms with Gasteiger partial charge in [-0.15, -0.1) is 11.3 Å². The number of aryl methyl sites for hydroxylation is 1. The predicted molar refractivity (Wildman–Crippen MR) is 123 cm³/mol. The second-order valence-corrected chi connectivity index (χ2v) is 9.68. The van der Waals surface area contributed by atoms with Crippen molar-refractivity contribution in [2.24, 2.45) is 5.92 Å². The lowest BCUT2D eigenvalue weighted by molar-refractivity contribution is -0.915. The summed E-state index contributed by atoms with van der Waals surface area (Å²) in [6, 6.07) is 7.39. The third-order valence-corrected chi connectivity index (χ3v) is 7.31. The van der Waals surface area contributed by atoms with Gasteiger partial charge in [-0.2, -0.15) is 0 Å². The molecule has 0 saturated carbocycles. The molecule has 30 heavy (non-hydrogen) atoms. The maximum atomic E-state index is 12.9. The van der Waals surface area contributed by atoms with Crippen molar-refractivity contribution in [3.63, 3.8) is 0 Å². The summed E-state index contributed by atoms with van der Waals surface area (Å²) in [4.78, 5) is 26.7. The first-order valence-electron chi connectivity index (χ1n) is 10.8. The van der Waals surface area contributed by atoms with Crippen LogP contribution < -0.4 is 15.4 Å². The van der Waals surface area contributed by atoms with E-state index < -0.39 is 0 Å². The fraction of sp³-hybridized carbons (Fsp3) is 0.478. The second-order valence-electron chi connectivity index (χ2n) is 8.48. The lowest BCUT2D eigenvalue weighted by Crippen LogP contribution is -3.13. The van der Waals surface area contributed by atoms with Crippen LogP contribution in [0.15, 0.2) is 29.1 Å². The molecule has 1 atom stereocenters. The largest absolute Gasteiger partial charge is 0.508 e. The van der Waals surface area contributed by atoms with Gasteiger partial charge in [0.2, 0.25) is 0 Å². The van der Waals surface area contributed by atoms with E-state index in [1.807, 2.05) is 12.1 Å². The number of benzene rings is 1. The molecule has 4 rings (SSSR count). The summed E-state index contributed by atoms with van der Waals surface area (Å²) in [5, 5.41) is 10.3. The fourth-order valence-corrected chi connectivity index (χ4v) is 5.27. The van der Waals surface area contributed by atoms with Crippen LogP contribution in [0, 0.1) is 12.8 Å². The molecule has 1 saturated heterocycles. The maximum absolute atomic E-state index is 12.9. The number of thiophene rings is 1. The maximum Gasteiger partial charge on any atom is 0.260 e. The SMILES string of the molecule is CC[C@@H](C)Cc1c(C)sc2nc(C[NH+]3CCN(c4ccc(O)cc4)CC3)[nH]c(=O)c12. The Morgan fingerprint density at radius 1 is 1.27 bits per heavy atom. The number of nitrogens with zero attached hydrogens (tertiary/aromatic N) is 2. The molecule has 1 aliphatic rings. The molecular weight excluding hydrogens is 396 g/mol. The zero-order valence-corrected chi connectivity index (χ0v) is 18.8. The first-order chi connectivity index (χ1) is 14.4. The number of hydrogen-bond donors (Lipinski definition) is 3. The van der Waals surface area contributed by atoms with Crippen LogP contribution in [-0.2, 0) is 13.0 Å². The van der Waals surface area contributed by atoms with Gasteiger partial charge in [0.05, 0.1) is 31.6 Å². The van der Waals surface area contributed by atoms with E-state index in [0.29, 0.717) is 11.7 Å². The van der Waals surface area contributed by atoms with E-state index in [-0.39, 0.29) is 5.56 Å². The summed E-state index contributed by atoms with van der Waals surface area (Å²) in [7, 11) is 0. The Bertz CT molecular complexity index is 1070. The third kappa shape index (κ3) is 4.37. The Labute approximate surface area is 181 Å². The number of nitrogens with one attached hydrogen (secondary N) is 2. The van der Waals surface area contributed by atoms with Crippen molar-refractivity contribution >= 4 is 27.2 Å². The van der Waals surface area contributed by atoms with Crippen LogP contribution in [-0.4, -0.2) is 41.3 Å². The standard InChI is InChI=1S/C23H30N4O2S/c1-4-15(2)13-19-16(3)30-23-21(19)22(29)24-20(25-23)14-26-9-11-27(12-10-26)17-5-7-18(28)8-6-17/h5-8,15,28H,4,9-14H2,1-3H3,(H,24,25,29)/p+1/t15-/m1/s1. The van der Waals surface area contributed by atoms with Gasteiger partial charge in [-0.25, -0.2) is 4.98 Å². The highest BCUT2D eigenvalue weighted by atomic mass is 32.1. The van der Waals surface area contributed by atoms with Crippen LogP contribution in [0.1, 0.15) is 36.5 Å². The van der Waals surface area contributed by atoms with Crippen molar-refractivity contribution in [3.05, 3.63) is 50.9 Å². The van der Waals surface area contributed by atoms with Crippen molar-refractivity contribution < 1.29 is 10.0 Å². The normalized spacial score (nSPS) is 16.3. The summed E-state index contributed by atoms with van der Waals surface area (Å²) >= 11 is 1.65. The van der Waals surface area contributed by atoms with E-state index in [1.165, 1.54) is 15.3 Å².